The molecule has 4 rings (SSSR count). The summed E-state index contributed by atoms with van der Waals surface area (Å²) in [6.07, 6.45) is 7.06. The Kier molecular flexibility index (Phi) is 9.92. The molecule has 3 aliphatic rings. The second kappa shape index (κ2) is 12.9. The molecule has 43 heavy (non-hydrogen) atoms. The van der Waals surface area contributed by atoms with Gasteiger partial charge in [-0.2, -0.15) is 0 Å². The van der Waals surface area contributed by atoms with Gasteiger partial charge in [-0.25, -0.2) is 0 Å². The van der Waals surface area contributed by atoms with Crippen molar-refractivity contribution in [2.24, 2.45) is 17.8 Å². The molecule has 1 N–H and O–H groups in total. The van der Waals surface area contributed by atoms with Crippen molar-refractivity contribution in [1.82, 2.24) is 14.7 Å². The molecule has 3 fully saturated rings. The van der Waals surface area contributed by atoms with E-state index in [1.54, 1.807) is 26.9 Å². The summed E-state index contributed by atoms with van der Waals surface area (Å²) < 4.78 is 6.97. The van der Waals surface area contributed by atoms with Crippen LogP contribution in [-0.4, -0.2) is 86.6 Å². The third-order valence-corrected chi connectivity index (χ3v) is 9.89. The van der Waals surface area contributed by atoms with Gasteiger partial charge in [-0.3, -0.25) is 14.4 Å². The van der Waals surface area contributed by atoms with Crippen molar-refractivity contribution >= 4 is 17.7 Å². The monoisotopic (exact) mass is 593 g/mol. The number of ether oxygens (including phenoxy) is 1. The number of benzene rings is 1. The highest BCUT2D eigenvalue weighted by molar-refractivity contribution is 5.99. The molecule has 0 saturated carbocycles. The van der Waals surface area contributed by atoms with Crippen LogP contribution in [0.1, 0.15) is 72.3 Å². The van der Waals surface area contributed by atoms with Crippen LogP contribution in [0.5, 0.6) is 0 Å². The highest BCUT2D eigenvalue weighted by atomic mass is 16.5. The van der Waals surface area contributed by atoms with Crippen LogP contribution in [0.3, 0.4) is 0 Å². The molecular weight excluding hydrogens is 542 g/mol. The SMILES string of the molecule is C=CCN(Cc1ccccc1)C(=O)[C@@H]1[C@H]2C(=O)N(CCCCCCO)C(C(=O)N(CC=C)C(C)(C)C)C23CC(C)[C@@]1(C)O3. The average molecular weight is 594 g/mol. The Hall–Kier alpha value is -2.97. The minimum Gasteiger partial charge on any atom is -0.396 e. The number of unbranched alkanes of at least 4 members (excludes halogenated alkanes) is 3. The molecule has 0 aromatic heterocycles. The van der Waals surface area contributed by atoms with Crippen molar-refractivity contribution in [3.8, 4) is 0 Å². The summed E-state index contributed by atoms with van der Waals surface area (Å²) in [5.41, 5.74) is -1.49. The average Bonchev–Trinajstić information content (AvgIpc) is 3.47. The Morgan fingerprint density at radius 1 is 1.07 bits per heavy atom. The molecule has 3 amide bonds. The number of fused-ring (bicyclic) bond motifs is 1. The number of hydrogen-bond donors (Lipinski definition) is 1. The third kappa shape index (κ3) is 5.93. The zero-order valence-corrected chi connectivity index (χ0v) is 26.8. The number of likely N-dealkylation sites (tertiary alicyclic amines) is 1. The molecule has 3 heterocycles. The topological polar surface area (TPSA) is 90.4 Å². The van der Waals surface area contributed by atoms with Gasteiger partial charge in [0.1, 0.15) is 11.6 Å². The lowest BCUT2D eigenvalue weighted by Crippen LogP contribution is -2.60. The summed E-state index contributed by atoms with van der Waals surface area (Å²) in [6, 6.07) is 8.99. The smallest absolute Gasteiger partial charge is 0.249 e. The summed E-state index contributed by atoms with van der Waals surface area (Å²) in [7, 11) is 0. The zero-order chi connectivity index (χ0) is 31.6. The van der Waals surface area contributed by atoms with E-state index >= 15 is 0 Å². The van der Waals surface area contributed by atoms with Gasteiger partial charge in [-0.1, -0.05) is 62.2 Å². The fraction of sp³-hybridized carbons (Fsp3) is 0.629. The van der Waals surface area contributed by atoms with E-state index in [9.17, 15) is 19.5 Å². The second-order valence-electron chi connectivity index (χ2n) is 13.8. The maximum absolute atomic E-state index is 14.6. The Morgan fingerprint density at radius 2 is 1.72 bits per heavy atom. The number of aliphatic hydroxyl groups is 1. The molecule has 1 spiro atoms. The number of nitrogens with zero attached hydrogens (tertiary/aromatic N) is 3. The molecule has 1 aromatic rings. The van der Waals surface area contributed by atoms with E-state index in [4.69, 9.17) is 4.74 Å². The van der Waals surface area contributed by atoms with Crippen LogP contribution in [-0.2, 0) is 25.7 Å². The van der Waals surface area contributed by atoms with Crippen LogP contribution in [0, 0.1) is 17.8 Å². The van der Waals surface area contributed by atoms with E-state index in [1.807, 2.05) is 58.0 Å². The number of rotatable bonds is 14. The van der Waals surface area contributed by atoms with Crippen molar-refractivity contribution in [2.45, 2.75) is 96.1 Å². The zero-order valence-electron chi connectivity index (χ0n) is 26.8. The Balaban J connectivity index is 1.76. The van der Waals surface area contributed by atoms with Crippen molar-refractivity contribution in [3.05, 3.63) is 61.2 Å². The van der Waals surface area contributed by atoms with Gasteiger partial charge < -0.3 is 24.5 Å². The van der Waals surface area contributed by atoms with Gasteiger partial charge in [0.15, 0.2) is 0 Å². The molecular formula is C35H51N3O5. The molecule has 3 aliphatic heterocycles. The molecule has 0 aliphatic carbocycles. The van der Waals surface area contributed by atoms with Crippen LogP contribution < -0.4 is 0 Å². The molecule has 3 saturated heterocycles. The number of carbonyl (C=O) groups is 3. The molecule has 8 nitrogen and oxygen atoms in total. The summed E-state index contributed by atoms with van der Waals surface area (Å²) in [5, 5.41) is 9.23. The molecule has 1 aromatic carbocycles. The summed E-state index contributed by atoms with van der Waals surface area (Å²) in [4.78, 5) is 49.0. The van der Waals surface area contributed by atoms with Crippen molar-refractivity contribution in [1.29, 1.82) is 0 Å². The second-order valence-corrected chi connectivity index (χ2v) is 13.8. The Morgan fingerprint density at radius 3 is 2.33 bits per heavy atom. The number of hydrogen-bond acceptors (Lipinski definition) is 5. The van der Waals surface area contributed by atoms with E-state index in [0.29, 0.717) is 45.4 Å². The van der Waals surface area contributed by atoms with E-state index in [2.05, 4.69) is 20.1 Å². The van der Waals surface area contributed by atoms with Gasteiger partial charge in [-0.05, 0) is 58.4 Å². The maximum atomic E-state index is 14.6. The normalized spacial score (nSPS) is 29.4. The van der Waals surface area contributed by atoms with Crippen LogP contribution in [0.4, 0.5) is 0 Å². The molecule has 0 radical (unpaired) electrons. The van der Waals surface area contributed by atoms with Crippen LogP contribution in [0.15, 0.2) is 55.6 Å². The first-order valence-corrected chi connectivity index (χ1v) is 15.8. The minimum atomic E-state index is -1.09. The first kappa shape index (κ1) is 32.9. The quantitative estimate of drug-likeness (QED) is 0.252. The van der Waals surface area contributed by atoms with E-state index in [1.165, 1.54) is 0 Å². The lowest BCUT2D eigenvalue weighted by atomic mass is 9.62. The Bertz CT molecular complexity index is 1200. The van der Waals surface area contributed by atoms with E-state index in [0.717, 1.165) is 18.4 Å². The van der Waals surface area contributed by atoms with E-state index in [-0.39, 0.29) is 30.2 Å². The molecule has 236 valence electrons. The first-order valence-electron chi connectivity index (χ1n) is 15.8. The predicted octanol–water partition coefficient (Wildman–Crippen LogP) is 4.58. The van der Waals surface area contributed by atoms with Gasteiger partial charge in [-0.15, -0.1) is 13.2 Å². The van der Waals surface area contributed by atoms with Gasteiger partial charge in [0.05, 0.1) is 17.4 Å². The number of amides is 3. The highest BCUT2D eigenvalue weighted by Crippen LogP contribution is 2.65. The fourth-order valence-electron chi connectivity index (χ4n) is 7.74. The lowest BCUT2D eigenvalue weighted by Gasteiger charge is -2.42. The molecule has 2 bridgehead atoms. The standard InChI is InChI=1S/C35H51N3O5/c1-8-19-36(24-26-17-13-12-14-18-26)30(40)27-28-31(41)37(21-15-10-11-16-22-39)29(32(42)38(20-9-2)33(4,5)6)35(28)23-25(3)34(27,7)43-35/h8-9,12-14,17-18,25,27-29,39H,1-2,10-11,15-16,19-24H2,3-7H3/t25?,27-,28-,29?,34+,35?/m0/s1. The van der Waals surface area contributed by atoms with Gasteiger partial charge in [0.2, 0.25) is 17.7 Å². The van der Waals surface area contributed by atoms with Gasteiger partial charge >= 0.3 is 0 Å². The lowest BCUT2D eigenvalue weighted by molar-refractivity contribution is -0.157. The van der Waals surface area contributed by atoms with Gasteiger partial charge in [0.25, 0.3) is 0 Å². The van der Waals surface area contributed by atoms with Crippen LogP contribution in [0.2, 0.25) is 0 Å². The van der Waals surface area contributed by atoms with Crippen molar-refractivity contribution in [3.63, 3.8) is 0 Å². The predicted molar refractivity (Wildman–Crippen MR) is 168 cm³/mol. The van der Waals surface area contributed by atoms with Crippen LogP contribution in [0.25, 0.3) is 0 Å². The third-order valence-electron chi connectivity index (χ3n) is 9.89. The maximum Gasteiger partial charge on any atom is 0.249 e. The number of aliphatic hydroxyl groups excluding tert-OH is 1. The summed E-state index contributed by atoms with van der Waals surface area (Å²) >= 11 is 0. The summed E-state index contributed by atoms with van der Waals surface area (Å²) in [6.45, 7) is 19.4. The molecule has 8 heteroatoms. The fourth-order valence-corrected chi connectivity index (χ4v) is 7.74. The van der Waals surface area contributed by atoms with Crippen molar-refractivity contribution < 1.29 is 24.2 Å². The summed E-state index contributed by atoms with van der Waals surface area (Å²) in [5.74, 6) is -1.95. The molecule has 6 atom stereocenters. The largest absolute Gasteiger partial charge is 0.396 e. The minimum absolute atomic E-state index is 0.0323. The van der Waals surface area contributed by atoms with Crippen LogP contribution >= 0.6 is 0 Å². The number of carbonyl (C=O) groups excluding carboxylic acids is 3. The molecule has 3 unspecified atom stereocenters. The van der Waals surface area contributed by atoms with Gasteiger partial charge in [0, 0.05) is 38.3 Å². The van der Waals surface area contributed by atoms with E-state index < -0.39 is 34.6 Å². The highest BCUT2D eigenvalue weighted by Gasteiger charge is 2.80. The first-order chi connectivity index (χ1) is 20.4. The Labute approximate surface area is 257 Å². The van der Waals surface area contributed by atoms with Crippen molar-refractivity contribution in [2.75, 3.05) is 26.2 Å².